The molecule has 0 aromatic rings. The fraction of sp³-hybridized carbons (Fsp3) is 0.857. The molecular weight excluding hydrogens is 214 g/mol. The highest BCUT2D eigenvalue weighted by Crippen LogP contribution is 2.28. The zero-order valence-corrected chi connectivity index (χ0v) is 12.2. The largest absolute Gasteiger partial charge is 0.459 e. The third-order valence-electron chi connectivity index (χ3n) is 3.06. The average Bonchev–Trinajstić information content (AvgIpc) is 2.21. The molecule has 0 aromatic heterocycles. The number of ether oxygens (including phenoxy) is 1. The molecule has 0 spiro atoms. The molecule has 0 N–H and O–H groups in total. The first-order valence-electron chi connectivity index (χ1n) is 6.42. The van der Waals surface area contributed by atoms with Gasteiger partial charge >= 0.3 is 5.97 Å². The zero-order valence-electron chi connectivity index (χ0n) is 12.2. The third kappa shape index (κ3) is 7.94. The lowest BCUT2D eigenvalue weighted by atomic mass is 9.82. The number of aliphatic imine (C=N–C) groups is 1. The number of hydrogen-bond acceptors (Lipinski definition) is 3. The Hall–Kier alpha value is -0.860. The number of hydrogen-bond donors (Lipinski definition) is 0. The van der Waals surface area contributed by atoms with Crippen LogP contribution in [0.2, 0.25) is 0 Å². The minimum Gasteiger partial charge on any atom is -0.459 e. The standard InChI is InChI=1S/C14H27NO2/c1-7-14(6,8-2)9-10-15-11-12(16)17-13(3,4)5/h10H,7-9,11H2,1-6H3/b15-10+. The molecule has 0 aliphatic heterocycles. The minimum atomic E-state index is -0.423. The van der Waals surface area contributed by atoms with Gasteiger partial charge in [0, 0.05) is 0 Å². The lowest BCUT2D eigenvalue weighted by Gasteiger charge is -2.24. The van der Waals surface area contributed by atoms with E-state index in [0.29, 0.717) is 5.41 Å². The maximum Gasteiger partial charge on any atom is 0.328 e. The number of nitrogens with zero attached hydrogens (tertiary/aromatic N) is 1. The van der Waals surface area contributed by atoms with E-state index in [1.54, 1.807) is 0 Å². The smallest absolute Gasteiger partial charge is 0.328 e. The molecule has 0 saturated carbocycles. The highest BCUT2D eigenvalue weighted by atomic mass is 16.6. The molecule has 17 heavy (non-hydrogen) atoms. The van der Waals surface area contributed by atoms with Crippen LogP contribution in [0.15, 0.2) is 4.99 Å². The van der Waals surface area contributed by atoms with Gasteiger partial charge in [0.2, 0.25) is 0 Å². The predicted octanol–water partition coefficient (Wildman–Crippen LogP) is 3.62. The molecule has 0 heterocycles. The SMILES string of the molecule is CCC(C)(CC)C/C=N/CC(=O)OC(C)(C)C. The predicted molar refractivity (Wildman–Crippen MR) is 72.5 cm³/mol. The van der Waals surface area contributed by atoms with Crippen LogP contribution in [0.1, 0.15) is 60.8 Å². The Morgan fingerprint density at radius 2 is 1.71 bits per heavy atom. The summed E-state index contributed by atoms with van der Waals surface area (Å²) >= 11 is 0. The summed E-state index contributed by atoms with van der Waals surface area (Å²) in [5.41, 5.74) is -0.120. The van der Waals surface area contributed by atoms with E-state index in [9.17, 15) is 4.79 Å². The monoisotopic (exact) mass is 241 g/mol. The zero-order chi connectivity index (χ0) is 13.5. The van der Waals surface area contributed by atoms with Crippen molar-refractivity contribution >= 4 is 12.2 Å². The number of rotatable bonds is 6. The molecule has 0 aromatic carbocycles. The summed E-state index contributed by atoms with van der Waals surface area (Å²) in [7, 11) is 0. The minimum absolute atomic E-state index is 0.126. The summed E-state index contributed by atoms with van der Waals surface area (Å²) in [6.45, 7) is 12.3. The van der Waals surface area contributed by atoms with E-state index >= 15 is 0 Å². The molecule has 3 nitrogen and oxygen atoms in total. The van der Waals surface area contributed by atoms with Crippen molar-refractivity contribution in [1.82, 2.24) is 0 Å². The first kappa shape index (κ1) is 16.1. The summed E-state index contributed by atoms with van der Waals surface area (Å²) in [5.74, 6) is -0.261. The molecule has 0 aliphatic carbocycles. The van der Waals surface area contributed by atoms with Gasteiger partial charge in [0.15, 0.2) is 0 Å². The Balaban J connectivity index is 4.00. The van der Waals surface area contributed by atoms with Crippen molar-refractivity contribution in [3.63, 3.8) is 0 Å². The second-order valence-corrected chi connectivity index (χ2v) is 5.83. The summed E-state index contributed by atoms with van der Waals surface area (Å²) in [6, 6.07) is 0. The van der Waals surface area contributed by atoms with Gasteiger partial charge in [0.05, 0.1) is 0 Å². The van der Waals surface area contributed by atoms with Crippen molar-refractivity contribution in [3.05, 3.63) is 0 Å². The second kappa shape index (κ2) is 6.77. The van der Waals surface area contributed by atoms with Crippen LogP contribution < -0.4 is 0 Å². The van der Waals surface area contributed by atoms with Crippen molar-refractivity contribution in [2.24, 2.45) is 10.4 Å². The first-order valence-corrected chi connectivity index (χ1v) is 6.42. The van der Waals surface area contributed by atoms with Crippen LogP contribution >= 0.6 is 0 Å². The van der Waals surface area contributed by atoms with Crippen molar-refractivity contribution in [1.29, 1.82) is 0 Å². The molecule has 100 valence electrons. The first-order chi connectivity index (χ1) is 7.72. The second-order valence-electron chi connectivity index (χ2n) is 5.83. The Morgan fingerprint density at radius 3 is 2.12 bits per heavy atom. The molecule has 0 bridgehead atoms. The van der Waals surface area contributed by atoms with Crippen LogP contribution in [0.3, 0.4) is 0 Å². The van der Waals surface area contributed by atoms with Gasteiger partial charge in [0.1, 0.15) is 12.1 Å². The van der Waals surface area contributed by atoms with E-state index in [2.05, 4.69) is 25.8 Å². The topological polar surface area (TPSA) is 38.7 Å². The van der Waals surface area contributed by atoms with Gasteiger partial charge in [-0.2, -0.15) is 0 Å². The Bertz CT molecular complexity index is 260. The highest BCUT2D eigenvalue weighted by Gasteiger charge is 2.18. The van der Waals surface area contributed by atoms with Gasteiger partial charge in [-0.1, -0.05) is 33.6 Å². The molecule has 0 amide bonds. The molecule has 3 heteroatoms. The molecule has 0 atom stereocenters. The molecule has 0 radical (unpaired) electrons. The Labute approximate surface area is 106 Å². The normalized spacial score (nSPS) is 13.1. The van der Waals surface area contributed by atoms with E-state index in [4.69, 9.17) is 4.74 Å². The van der Waals surface area contributed by atoms with Crippen molar-refractivity contribution in [3.8, 4) is 0 Å². The van der Waals surface area contributed by atoms with Crippen molar-refractivity contribution in [2.75, 3.05) is 6.54 Å². The van der Waals surface area contributed by atoms with Crippen LogP contribution in [0.25, 0.3) is 0 Å². The van der Waals surface area contributed by atoms with E-state index in [0.717, 1.165) is 19.3 Å². The van der Waals surface area contributed by atoms with Crippen LogP contribution in [-0.2, 0) is 9.53 Å². The molecule has 0 rings (SSSR count). The lowest BCUT2D eigenvalue weighted by molar-refractivity contribution is -0.152. The number of esters is 1. The van der Waals surface area contributed by atoms with Crippen molar-refractivity contribution < 1.29 is 9.53 Å². The van der Waals surface area contributed by atoms with Crippen LogP contribution in [0.5, 0.6) is 0 Å². The number of carbonyl (C=O) groups excluding carboxylic acids is 1. The number of carbonyl (C=O) groups is 1. The third-order valence-corrected chi connectivity index (χ3v) is 3.06. The van der Waals surface area contributed by atoms with E-state index in [1.165, 1.54) is 0 Å². The van der Waals surface area contributed by atoms with Gasteiger partial charge < -0.3 is 4.74 Å². The molecule has 0 unspecified atom stereocenters. The van der Waals surface area contributed by atoms with Gasteiger partial charge in [-0.15, -0.1) is 0 Å². The molecule has 0 aliphatic rings. The van der Waals surface area contributed by atoms with Gasteiger partial charge in [0.25, 0.3) is 0 Å². The molecule has 0 saturated heterocycles. The molecule has 0 fully saturated rings. The fourth-order valence-corrected chi connectivity index (χ4v) is 1.34. The Kier molecular flexibility index (Phi) is 6.43. The maximum atomic E-state index is 11.4. The lowest BCUT2D eigenvalue weighted by Crippen LogP contribution is -2.25. The van der Waals surface area contributed by atoms with Crippen LogP contribution in [0, 0.1) is 5.41 Å². The van der Waals surface area contributed by atoms with E-state index < -0.39 is 5.60 Å². The summed E-state index contributed by atoms with van der Waals surface area (Å²) < 4.78 is 5.17. The highest BCUT2D eigenvalue weighted by molar-refractivity contribution is 5.74. The molecular formula is C14H27NO2. The van der Waals surface area contributed by atoms with Crippen molar-refractivity contribution in [2.45, 2.75) is 66.4 Å². The van der Waals surface area contributed by atoms with Crippen LogP contribution in [-0.4, -0.2) is 24.3 Å². The quantitative estimate of drug-likeness (QED) is 0.526. The van der Waals surface area contributed by atoms with E-state index in [1.807, 2.05) is 27.0 Å². The fourth-order valence-electron chi connectivity index (χ4n) is 1.34. The average molecular weight is 241 g/mol. The van der Waals surface area contributed by atoms with Gasteiger partial charge in [-0.25, -0.2) is 0 Å². The summed E-state index contributed by atoms with van der Waals surface area (Å²) in [6.07, 6.45) is 5.03. The summed E-state index contributed by atoms with van der Waals surface area (Å²) in [4.78, 5) is 15.5. The summed E-state index contributed by atoms with van der Waals surface area (Å²) in [5, 5.41) is 0. The van der Waals surface area contributed by atoms with Gasteiger partial charge in [-0.05, 0) is 38.8 Å². The maximum absolute atomic E-state index is 11.4. The van der Waals surface area contributed by atoms with Crippen LogP contribution in [0.4, 0.5) is 0 Å². The Morgan fingerprint density at radius 1 is 1.18 bits per heavy atom. The van der Waals surface area contributed by atoms with E-state index in [-0.39, 0.29) is 12.5 Å². The van der Waals surface area contributed by atoms with Gasteiger partial charge in [-0.3, -0.25) is 9.79 Å².